The predicted molar refractivity (Wildman–Crippen MR) is 124 cm³/mol. The van der Waals surface area contributed by atoms with Gasteiger partial charge < -0.3 is 19.7 Å². The van der Waals surface area contributed by atoms with Gasteiger partial charge >= 0.3 is 12.1 Å². The summed E-state index contributed by atoms with van der Waals surface area (Å²) in [6.07, 6.45) is -1.55. The number of nitrogens with one attached hydrogen (secondary N) is 1. The first kappa shape index (κ1) is 23.9. The summed E-state index contributed by atoms with van der Waals surface area (Å²) in [7, 11) is 1.42. The second-order valence-corrected chi connectivity index (χ2v) is 9.92. The summed E-state index contributed by atoms with van der Waals surface area (Å²) in [5.41, 5.74) is 1.01. The van der Waals surface area contributed by atoms with Crippen molar-refractivity contribution in [3.05, 3.63) is 47.5 Å². The molecule has 2 aromatic carbocycles. The predicted octanol–water partition coefficient (Wildman–Crippen LogP) is 6.89. The number of hydrogen-bond donors (Lipinski definition) is 2. The summed E-state index contributed by atoms with van der Waals surface area (Å²) < 4.78 is 46.3. The van der Waals surface area contributed by atoms with Gasteiger partial charge in [-0.05, 0) is 60.9 Å². The SMILES string of the molecule is COc1cc2c(cc1C(=O)O)nc(Nc1ccc(C(F)(F)F)cc1)n2C1CC(C)CC(C)(C)C1. The van der Waals surface area contributed by atoms with Crippen LogP contribution >= 0.6 is 0 Å². The number of halogens is 3. The van der Waals surface area contributed by atoms with Crippen LogP contribution in [0.5, 0.6) is 5.75 Å². The topological polar surface area (TPSA) is 76.4 Å². The molecule has 9 heteroatoms. The minimum absolute atomic E-state index is 0.00179. The van der Waals surface area contributed by atoms with Crippen LogP contribution in [-0.4, -0.2) is 27.7 Å². The van der Waals surface area contributed by atoms with E-state index in [-0.39, 0.29) is 22.8 Å². The molecule has 1 saturated carbocycles. The quantitative estimate of drug-likeness (QED) is 0.420. The van der Waals surface area contributed by atoms with E-state index in [1.165, 1.54) is 25.3 Å². The van der Waals surface area contributed by atoms with Gasteiger partial charge in [-0.25, -0.2) is 9.78 Å². The molecule has 2 atom stereocenters. The largest absolute Gasteiger partial charge is 0.496 e. The number of carboxylic acid groups (broad SMARTS) is 1. The number of carboxylic acids is 1. The zero-order valence-corrected chi connectivity index (χ0v) is 19.5. The second-order valence-electron chi connectivity index (χ2n) is 9.92. The minimum Gasteiger partial charge on any atom is -0.496 e. The summed E-state index contributed by atoms with van der Waals surface area (Å²) in [5, 5.41) is 12.8. The molecule has 0 spiro atoms. The summed E-state index contributed by atoms with van der Waals surface area (Å²) >= 11 is 0. The Bertz CT molecular complexity index is 1220. The fraction of sp³-hybridized carbons (Fsp3) is 0.440. The molecule has 0 saturated heterocycles. The van der Waals surface area contributed by atoms with Crippen molar-refractivity contribution in [2.75, 3.05) is 12.4 Å². The Morgan fingerprint density at radius 3 is 2.44 bits per heavy atom. The van der Waals surface area contributed by atoms with E-state index < -0.39 is 17.7 Å². The summed E-state index contributed by atoms with van der Waals surface area (Å²) in [4.78, 5) is 16.4. The highest BCUT2D eigenvalue weighted by molar-refractivity contribution is 5.96. The Balaban J connectivity index is 1.84. The van der Waals surface area contributed by atoms with Crippen LogP contribution in [0, 0.1) is 11.3 Å². The minimum atomic E-state index is -4.42. The molecule has 182 valence electrons. The van der Waals surface area contributed by atoms with Crippen LogP contribution in [0.2, 0.25) is 0 Å². The van der Waals surface area contributed by atoms with Gasteiger partial charge in [0.15, 0.2) is 0 Å². The molecule has 1 heterocycles. The van der Waals surface area contributed by atoms with Gasteiger partial charge in [0.05, 0.1) is 23.7 Å². The number of carbonyl (C=O) groups is 1. The van der Waals surface area contributed by atoms with Crippen molar-refractivity contribution in [3.63, 3.8) is 0 Å². The Morgan fingerprint density at radius 1 is 1.21 bits per heavy atom. The average molecular weight is 476 g/mol. The van der Waals surface area contributed by atoms with Gasteiger partial charge in [0.2, 0.25) is 5.95 Å². The van der Waals surface area contributed by atoms with E-state index in [0.29, 0.717) is 28.6 Å². The molecule has 2 unspecified atom stereocenters. The second kappa shape index (κ2) is 8.52. The lowest BCUT2D eigenvalue weighted by Gasteiger charge is -2.40. The van der Waals surface area contributed by atoms with Crippen molar-refractivity contribution in [1.82, 2.24) is 9.55 Å². The van der Waals surface area contributed by atoms with E-state index in [2.05, 4.69) is 31.1 Å². The number of imidazole rings is 1. The lowest BCUT2D eigenvalue weighted by Crippen LogP contribution is -2.29. The molecule has 4 rings (SSSR count). The number of nitrogens with zero attached hydrogens (tertiary/aromatic N) is 2. The van der Waals surface area contributed by atoms with Gasteiger partial charge in [0.25, 0.3) is 0 Å². The first-order valence-electron chi connectivity index (χ1n) is 11.2. The molecule has 3 aromatic rings. The Labute approximate surface area is 195 Å². The first-order chi connectivity index (χ1) is 15.9. The fourth-order valence-electron chi connectivity index (χ4n) is 5.28. The van der Waals surface area contributed by atoms with Crippen LogP contribution in [0.4, 0.5) is 24.8 Å². The zero-order chi connectivity index (χ0) is 24.8. The third-order valence-corrected chi connectivity index (χ3v) is 6.44. The number of fused-ring (bicyclic) bond motifs is 1. The van der Waals surface area contributed by atoms with Gasteiger partial charge in [-0.15, -0.1) is 0 Å². The molecule has 1 aromatic heterocycles. The molecule has 0 bridgehead atoms. The van der Waals surface area contributed by atoms with E-state index >= 15 is 0 Å². The summed E-state index contributed by atoms with van der Waals surface area (Å²) in [6.45, 7) is 6.65. The van der Waals surface area contributed by atoms with Crippen LogP contribution < -0.4 is 10.1 Å². The van der Waals surface area contributed by atoms with E-state index in [1.807, 2.05) is 4.57 Å². The van der Waals surface area contributed by atoms with Crippen LogP contribution in [0.15, 0.2) is 36.4 Å². The van der Waals surface area contributed by atoms with Crippen molar-refractivity contribution in [3.8, 4) is 5.75 Å². The lowest BCUT2D eigenvalue weighted by atomic mass is 9.70. The van der Waals surface area contributed by atoms with Crippen molar-refractivity contribution < 1.29 is 27.8 Å². The monoisotopic (exact) mass is 475 g/mol. The van der Waals surface area contributed by atoms with Gasteiger partial charge in [-0.3, -0.25) is 0 Å². The molecule has 2 N–H and O–H groups in total. The van der Waals surface area contributed by atoms with Gasteiger partial charge in [-0.1, -0.05) is 20.8 Å². The smallest absolute Gasteiger partial charge is 0.416 e. The number of ether oxygens (including phenoxy) is 1. The molecule has 1 aliphatic rings. The van der Waals surface area contributed by atoms with Crippen LogP contribution in [0.25, 0.3) is 11.0 Å². The number of methoxy groups -OCH3 is 1. The summed E-state index contributed by atoms with van der Waals surface area (Å²) in [6, 6.07) is 7.99. The normalized spacial score (nSPS) is 20.3. The van der Waals surface area contributed by atoms with E-state index in [9.17, 15) is 23.1 Å². The standard InChI is InChI=1S/C25H28F3N3O3/c1-14-9-17(13-24(2,3)12-14)31-20-11-21(34-4)18(22(32)33)10-19(20)30-23(31)29-16-7-5-15(6-8-16)25(26,27)28/h5-8,10-11,14,17H,9,12-13H2,1-4H3,(H,29,30)(H,32,33). The Kier molecular flexibility index (Phi) is 5.99. The third kappa shape index (κ3) is 4.69. The third-order valence-electron chi connectivity index (χ3n) is 6.44. The van der Waals surface area contributed by atoms with Crippen LogP contribution in [0.3, 0.4) is 0 Å². The van der Waals surface area contributed by atoms with Crippen molar-refractivity contribution in [2.45, 2.75) is 52.3 Å². The molecule has 0 radical (unpaired) electrons. The molecule has 1 aliphatic carbocycles. The number of rotatable bonds is 5. The Morgan fingerprint density at radius 2 is 1.88 bits per heavy atom. The molecular formula is C25H28F3N3O3. The van der Waals surface area contributed by atoms with Gasteiger partial charge in [0.1, 0.15) is 11.3 Å². The van der Waals surface area contributed by atoms with E-state index in [1.54, 1.807) is 6.07 Å². The zero-order valence-electron chi connectivity index (χ0n) is 19.5. The molecule has 0 aliphatic heterocycles. The maximum absolute atomic E-state index is 13.0. The number of alkyl halides is 3. The van der Waals surface area contributed by atoms with Gasteiger partial charge in [0, 0.05) is 17.8 Å². The maximum atomic E-state index is 13.0. The number of benzene rings is 2. The molecule has 34 heavy (non-hydrogen) atoms. The average Bonchev–Trinajstić information content (AvgIpc) is 3.07. The highest BCUT2D eigenvalue weighted by Gasteiger charge is 2.35. The number of anilines is 2. The van der Waals surface area contributed by atoms with Crippen LogP contribution in [0.1, 0.15) is 62.0 Å². The highest BCUT2D eigenvalue weighted by Crippen LogP contribution is 2.46. The van der Waals surface area contributed by atoms with Crippen molar-refractivity contribution in [2.24, 2.45) is 11.3 Å². The maximum Gasteiger partial charge on any atom is 0.416 e. The fourth-order valence-corrected chi connectivity index (χ4v) is 5.28. The van der Waals surface area contributed by atoms with Crippen molar-refractivity contribution in [1.29, 1.82) is 0 Å². The van der Waals surface area contributed by atoms with E-state index in [0.717, 1.165) is 31.4 Å². The summed E-state index contributed by atoms with van der Waals surface area (Å²) in [5.74, 6) is 0.0166. The van der Waals surface area contributed by atoms with Crippen LogP contribution in [-0.2, 0) is 6.18 Å². The van der Waals surface area contributed by atoms with Gasteiger partial charge in [-0.2, -0.15) is 13.2 Å². The Hall–Kier alpha value is -3.23. The molecule has 1 fully saturated rings. The molecular weight excluding hydrogens is 447 g/mol. The highest BCUT2D eigenvalue weighted by atomic mass is 19.4. The number of aromatic carboxylic acids is 1. The number of hydrogen-bond acceptors (Lipinski definition) is 4. The van der Waals surface area contributed by atoms with E-state index in [4.69, 9.17) is 4.74 Å². The lowest BCUT2D eigenvalue weighted by molar-refractivity contribution is -0.137. The molecule has 6 nitrogen and oxygen atoms in total. The molecule has 0 amide bonds. The van der Waals surface area contributed by atoms with Crippen molar-refractivity contribution >= 4 is 28.6 Å². The first-order valence-corrected chi connectivity index (χ1v) is 11.2. The number of aromatic nitrogens is 2.